The van der Waals surface area contributed by atoms with E-state index >= 15 is 0 Å². The van der Waals surface area contributed by atoms with Gasteiger partial charge >= 0.3 is 0 Å². The van der Waals surface area contributed by atoms with Crippen LogP contribution in [0, 0.1) is 0 Å². The number of rotatable bonds is 4. The first kappa shape index (κ1) is 13.2. The summed E-state index contributed by atoms with van der Waals surface area (Å²) in [5, 5.41) is 0.771. The van der Waals surface area contributed by atoms with Crippen LogP contribution in [0.5, 0.6) is 0 Å². The largest absolute Gasteiger partial charge is 0.375 e. The Morgan fingerprint density at radius 2 is 2.00 bits per heavy atom. The highest BCUT2D eigenvalue weighted by Gasteiger charge is 2.25. The molecule has 1 nitrogen and oxygen atoms in total. The molecule has 0 aliphatic carbocycles. The molecule has 1 heterocycles. The summed E-state index contributed by atoms with van der Waals surface area (Å²) < 4.78 is 5.85. The summed E-state index contributed by atoms with van der Waals surface area (Å²) in [6.07, 6.45) is 4.10. The van der Waals surface area contributed by atoms with Gasteiger partial charge in [-0.25, -0.2) is 0 Å². The molecule has 0 saturated carbocycles. The monoisotopic (exact) mass is 272 g/mol. The minimum Gasteiger partial charge on any atom is -0.375 e. The topological polar surface area (TPSA) is 9.23 Å². The molecule has 0 N–H and O–H groups in total. The Balaban J connectivity index is 1.98. The zero-order valence-electron chi connectivity index (χ0n) is 10.0. The minimum absolute atomic E-state index is 0.365. The van der Waals surface area contributed by atoms with Gasteiger partial charge < -0.3 is 4.74 Å². The van der Waals surface area contributed by atoms with E-state index in [0.29, 0.717) is 24.0 Å². The molecule has 2 rings (SSSR count). The maximum absolute atomic E-state index is 6.07. The molecule has 3 heteroatoms. The zero-order valence-corrected chi connectivity index (χ0v) is 11.5. The van der Waals surface area contributed by atoms with E-state index in [0.717, 1.165) is 17.9 Å². The van der Waals surface area contributed by atoms with Crippen LogP contribution in [0.4, 0.5) is 0 Å². The van der Waals surface area contributed by atoms with Crippen LogP contribution in [-0.4, -0.2) is 18.1 Å². The lowest BCUT2D eigenvalue weighted by atomic mass is 9.94. The summed E-state index contributed by atoms with van der Waals surface area (Å²) in [4.78, 5) is 0. The Morgan fingerprint density at radius 3 is 2.53 bits per heavy atom. The summed E-state index contributed by atoms with van der Waals surface area (Å²) in [7, 11) is 0. The van der Waals surface area contributed by atoms with Gasteiger partial charge in [0.05, 0.1) is 12.2 Å². The molecule has 3 unspecified atom stereocenters. The van der Waals surface area contributed by atoms with E-state index in [-0.39, 0.29) is 0 Å². The molecule has 0 amide bonds. The number of hydrogen-bond acceptors (Lipinski definition) is 1. The first-order valence-corrected chi connectivity index (χ1v) is 7.07. The molecular formula is C14H18Cl2O. The molecule has 94 valence electrons. The lowest BCUT2D eigenvalue weighted by Crippen LogP contribution is -2.14. The zero-order chi connectivity index (χ0) is 12.3. The summed E-state index contributed by atoms with van der Waals surface area (Å²) >= 11 is 12.0. The number of halogens is 2. The van der Waals surface area contributed by atoms with Gasteiger partial charge in [-0.3, -0.25) is 0 Å². The molecule has 1 saturated heterocycles. The number of ether oxygens (including phenoxy) is 1. The van der Waals surface area contributed by atoms with Crippen LogP contribution in [0.1, 0.15) is 37.7 Å². The van der Waals surface area contributed by atoms with E-state index in [1.807, 2.05) is 12.1 Å². The van der Waals surface area contributed by atoms with E-state index in [4.69, 9.17) is 27.9 Å². The third-order valence-corrected chi connectivity index (χ3v) is 4.02. The second kappa shape index (κ2) is 6.08. The third kappa shape index (κ3) is 3.61. The standard InChI is InChI=1S/C14H18Cl2O/c1-10-2-7-14(17-10)8-12(9-15)11-3-5-13(16)6-4-11/h3-6,10,12,14H,2,7-9H2,1H3. The highest BCUT2D eigenvalue weighted by atomic mass is 35.5. The first-order chi connectivity index (χ1) is 8.19. The van der Waals surface area contributed by atoms with Crippen molar-refractivity contribution in [1.82, 2.24) is 0 Å². The maximum Gasteiger partial charge on any atom is 0.0586 e. The molecule has 17 heavy (non-hydrogen) atoms. The second-order valence-corrected chi connectivity index (χ2v) is 5.53. The van der Waals surface area contributed by atoms with Crippen molar-refractivity contribution in [1.29, 1.82) is 0 Å². The van der Waals surface area contributed by atoms with Crippen molar-refractivity contribution in [2.24, 2.45) is 0 Å². The highest BCUT2D eigenvalue weighted by Crippen LogP contribution is 2.30. The van der Waals surface area contributed by atoms with Crippen molar-refractivity contribution in [2.75, 3.05) is 5.88 Å². The summed E-state index contributed by atoms with van der Waals surface area (Å²) in [5.74, 6) is 1.000. The lowest BCUT2D eigenvalue weighted by molar-refractivity contribution is 0.0478. The first-order valence-electron chi connectivity index (χ1n) is 6.16. The molecule has 1 aliphatic rings. The van der Waals surface area contributed by atoms with Crippen LogP contribution in [-0.2, 0) is 4.74 Å². The van der Waals surface area contributed by atoms with Crippen LogP contribution >= 0.6 is 23.2 Å². The van der Waals surface area contributed by atoms with E-state index in [1.165, 1.54) is 12.0 Å². The molecule has 1 aromatic carbocycles. The molecule has 0 bridgehead atoms. The summed E-state index contributed by atoms with van der Waals surface area (Å²) in [5.41, 5.74) is 1.26. The van der Waals surface area contributed by atoms with Gasteiger partial charge in [-0.05, 0) is 49.8 Å². The molecular weight excluding hydrogens is 255 g/mol. The molecule has 3 atom stereocenters. The van der Waals surface area contributed by atoms with Gasteiger partial charge in [0, 0.05) is 10.9 Å². The van der Waals surface area contributed by atoms with Crippen molar-refractivity contribution in [2.45, 2.75) is 44.3 Å². The molecule has 0 radical (unpaired) electrons. The number of hydrogen-bond donors (Lipinski definition) is 0. The SMILES string of the molecule is CC1CCC(CC(CCl)c2ccc(Cl)cc2)O1. The Morgan fingerprint density at radius 1 is 1.29 bits per heavy atom. The van der Waals surface area contributed by atoms with Crippen LogP contribution in [0.25, 0.3) is 0 Å². The van der Waals surface area contributed by atoms with E-state index in [9.17, 15) is 0 Å². The minimum atomic E-state index is 0.365. The normalized spacial score (nSPS) is 26.1. The van der Waals surface area contributed by atoms with Crippen molar-refractivity contribution < 1.29 is 4.74 Å². The predicted molar refractivity (Wildman–Crippen MR) is 73.1 cm³/mol. The average Bonchev–Trinajstić information content (AvgIpc) is 2.73. The van der Waals surface area contributed by atoms with Gasteiger partial charge in [0.25, 0.3) is 0 Å². The Hall–Kier alpha value is -0.240. The average molecular weight is 273 g/mol. The second-order valence-electron chi connectivity index (χ2n) is 4.78. The van der Waals surface area contributed by atoms with Crippen molar-refractivity contribution >= 4 is 23.2 Å². The van der Waals surface area contributed by atoms with Gasteiger partial charge in [-0.15, -0.1) is 11.6 Å². The fourth-order valence-electron chi connectivity index (χ4n) is 2.40. The van der Waals surface area contributed by atoms with Gasteiger partial charge in [-0.1, -0.05) is 23.7 Å². The van der Waals surface area contributed by atoms with Gasteiger partial charge in [0.1, 0.15) is 0 Å². The van der Waals surface area contributed by atoms with Crippen LogP contribution in [0.2, 0.25) is 5.02 Å². The Bertz CT molecular complexity index is 350. The van der Waals surface area contributed by atoms with Gasteiger partial charge in [0.2, 0.25) is 0 Å². The van der Waals surface area contributed by atoms with Crippen LogP contribution in [0.15, 0.2) is 24.3 Å². The van der Waals surface area contributed by atoms with Crippen LogP contribution < -0.4 is 0 Å². The predicted octanol–water partition coefficient (Wildman–Crippen LogP) is 4.62. The van der Waals surface area contributed by atoms with E-state index in [1.54, 1.807) is 0 Å². The highest BCUT2D eigenvalue weighted by molar-refractivity contribution is 6.30. The fraction of sp³-hybridized carbons (Fsp3) is 0.571. The molecule has 1 aromatic rings. The third-order valence-electron chi connectivity index (χ3n) is 3.40. The Labute approximate surface area is 113 Å². The smallest absolute Gasteiger partial charge is 0.0586 e. The molecule has 1 fully saturated rings. The van der Waals surface area contributed by atoms with Crippen molar-refractivity contribution in [3.05, 3.63) is 34.9 Å². The fourth-order valence-corrected chi connectivity index (χ4v) is 2.83. The molecule has 0 aromatic heterocycles. The molecule has 1 aliphatic heterocycles. The number of benzene rings is 1. The van der Waals surface area contributed by atoms with Crippen molar-refractivity contribution in [3.63, 3.8) is 0 Å². The molecule has 0 spiro atoms. The quantitative estimate of drug-likeness (QED) is 0.727. The van der Waals surface area contributed by atoms with Gasteiger partial charge in [0.15, 0.2) is 0 Å². The lowest BCUT2D eigenvalue weighted by Gasteiger charge is -2.19. The van der Waals surface area contributed by atoms with Crippen LogP contribution in [0.3, 0.4) is 0 Å². The van der Waals surface area contributed by atoms with E-state index < -0.39 is 0 Å². The maximum atomic E-state index is 6.07. The summed E-state index contributed by atoms with van der Waals surface area (Å²) in [6.45, 7) is 2.14. The van der Waals surface area contributed by atoms with E-state index in [2.05, 4.69) is 19.1 Å². The Kier molecular flexibility index (Phi) is 4.72. The number of alkyl halides is 1. The van der Waals surface area contributed by atoms with Gasteiger partial charge in [-0.2, -0.15) is 0 Å². The summed E-state index contributed by atoms with van der Waals surface area (Å²) in [6, 6.07) is 7.98. The van der Waals surface area contributed by atoms with Crippen molar-refractivity contribution in [3.8, 4) is 0 Å².